The van der Waals surface area contributed by atoms with E-state index in [0.29, 0.717) is 17.4 Å². The number of hydrogen-bond donors (Lipinski definition) is 1. The molecule has 0 aliphatic carbocycles. The van der Waals surface area contributed by atoms with Crippen LogP contribution in [0, 0.1) is 11.3 Å². The van der Waals surface area contributed by atoms with Gasteiger partial charge in [-0.25, -0.2) is 4.68 Å². The standard InChI is InChI=1S/C17H34N4/c1-7-9-18-15(11-14(3)12-17(4,5)6)16-13-19-20-21(16)10-8-2/h13-15,18H,7-12H2,1-6H3. The van der Waals surface area contributed by atoms with E-state index in [-0.39, 0.29) is 0 Å². The molecule has 122 valence electrons. The lowest BCUT2D eigenvalue weighted by Gasteiger charge is -2.27. The van der Waals surface area contributed by atoms with Crippen molar-refractivity contribution in [2.45, 2.75) is 79.8 Å². The van der Waals surface area contributed by atoms with Gasteiger partial charge in [-0.1, -0.05) is 46.8 Å². The summed E-state index contributed by atoms with van der Waals surface area (Å²) in [6.07, 6.45) is 6.57. The molecular weight excluding hydrogens is 260 g/mol. The Balaban J connectivity index is 2.77. The summed E-state index contributed by atoms with van der Waals surface area (Å²) >= 11 is 0. The van der Waals surface area contributed by atoms with Crippen LogP contribution in [0.4, 0.5) is 0 Å². The number of aryl methyl sites for hydroxylation is 1. The van der Waals surface area contributed by atoms with Crippen LogP contribution in [0.3, 0.4) is 0 Å². The highest BCUT2D eigenvalue weighted by atomic mass is 15.4. The smallest absolute Gasteiger partial charge is 0.0756 e. The van der Waals surface area contributed by atoms with Crippen molar-refractivity contribution in [2.24, 2.45) is 11.3 Å². The lowest BCUT2D eigenvalue weighted by Crippen LogP contribution is -2.27. The molecule has 0 amide bonds. The molecule has 1 aromatic rings. The van der Waals surface area contributed by atoms with Crippen LogP contribution >= 0.6 is 0 Å². The highest BCUT2D eigenvalue weighted by Gasteiger charge is 2.22. The van der Waals surface area contributed by atoms with Crippen LogP contribution in [-0.2, 0) is 6.54 Å². The SMILES string of the molecule is CCCNC(CC(C)CC(C)(C)C)c1cnnn1CCC. The van der Waals surface area contributed by atoms with E-state index in [1.165, 1.54) is 12.1 Å². The summed E-state index contributed by atoms with van der Waals surface area (Å²) in [7, 11) is 0. The highest BCUT2D eigenvalue weighted by molar-refractivity contribution is 5.03. The van der Waals surface area contributed by atoms with E-state index in [1.807, 2.05) is 6.20 Å². The zero-order valence-corrected chi connectivity index (χ0v) is 14.8. The zero-order chi connectivity index (χ0) is 15.9. The maximum Gasteiger partial charge on any atom is 0.0756 e. The third-order valence-corrected chi connectivity index (χ3v) is 3.68. The summed E-state index contributed by atoms with van der Waals surface area (Å²) < 4.78 is 2.07. The van der Waals surface area contributed by atoms with Gasteiger partial charge in [-0.3, -0.25) is 0 Å². The van der Waals surface area contributed by atoms with Crippen molar-refractivity contribution in [3.63, 3.8) is 0 Å². The summed E-state index contributed by atoms with van der Waals surface area (Å²) in [5, 5.41) is 12.1. The molecule has 0 aliphatic rings. The van der Waals surface area contributed by atoms with Gasteiger partial charge < -0.3 is 5.32 Å². The first kappa shape index (κ1) is 18.1. The Bertz CT molecular complexity index is 392. The van der Waals surface area contributed by atoms with Gasteiger partial charge in [-0.15, -0.1) is 5.10 Å². The minimum atomic E-state index is 0.365. The molecule has 0 fully saturated rings. The third-order valence-electron chi connectivity index (χ3n) is 3.68. The fourth-order valence-electron chi connectivity index (χ4n) is 3.08. The van der Waals surface area contributed by atoms with Crippen molar-refractivity contribution < 1.29 is 0 Å². The van der Waals surface area contributed by atoms with Crippen LogP contribution < -0.4 is 5.32 Å². The average Bonchev–Trinajstić information content (AvgIpc) is 2.81. The van der Waals surface area contributed by atoms with Gasteiger partial charge in [0.25, 0.3) is 0 Å². The molecule has 0 radical (unpaired) electrons. The van der Waals surface area contributed by atoms with Crippen molar-refractivity contribution in [1.82, 2.24) is 20.3 Å². The van der Waals surface area contributed by atoms with Crippen molar-refractivity contribution in [1.29, 1.82) is 0 Å². The predicted octanol–water partition coefficient (Wildman–Crippen LogP) is 4.19. The maximum atomic E-state index is 4.24. The monoisotopic (exact) mass is 294 g/mol. The van der Waals surface area contributed by atoms with Crippen molar-refractivity contribution in [3.05, 3.63) is 11.9 Å². The zero-order valence-electron chi connectivity index (χ0n) is 14.8. The van der Waals surface area contributed by atoms with Gasteiger partial charge in [-0.05, 0) is 43.6 Å². The first-order valence-electron chi connectivity index (χ1n) is 8.49. The largest absolute Gasteiger partial charge is 0.309 e. The summed E-state index contributed by atoms with van der Waals surface area (Å²) in [4.78, 5) is 0. The van der Waals surface area contributed by atoms with Gasteiger partial charge >= 0.3 is 0 Å². The highest BCUT2D eigenvalue weighted by Crippen LogP contribution is 2.30. The molecule has 0 spiro atoms. The lowest BCUT2D eigenvalue weighted by molar-refractivity contribution is 0.271. The molecule has 2 unspecified atom stereocenters. The molecule has 1 rings (SSSR count). The van der Waals surface area contributed by atoms with Crippen LogP contribution in [-0.4, -0.2) is 21.5 Å². The average molecular weight is 294 g/mol. The molecule has 1 heterocycles. The van der Waals surface area contributed by atoms with Gasteiger partial charge in [0.05, 0.1) is 17.9 Å². The summed E-state index contributed by atoms with van der Waals surface area (Å²) in [6, 6.07) is 0.365. The number of aromatic nitrogens is 3. The quantitative estimate of drug-likeness (QED) is 0.742. The Morgan fingerprint density at radius 2 is 1.95 bits per heavy atom. The predicted molar refractivity (Wildman–Crippen MR) is 89.2 cm³/mol. The second kappa shape index (κ2) is 8.52. The molecule has 0 saturated carbocycles. The van der Waals surface area contributed by atoms with Crippen LogP contribution in [0.1, 0.15) is 79.0 Å². The summed E-state index contributed by atoms with van der Waals surface area (Å²) in [6.45, 7) is 15.7. The van der Waals surface area contributed by atoms with Gasteiger partial charge in [0.15, 0.2) is 0 Å². The minimum absolute atomic E-state index is 0.365. The number of hydrogen-bond acceptors (Lipinski definition) is 3. The van der Waals surface area contributed by atoms with E-state index in [0.717, 1.165) is 32.4 Å². The number of nitrogens with one attached hydrogen (secondary N) is 1. The molecule has 4 nitrogen and oxygen atoms in total. The molecule has 0 aliphatic heterocycles. The normalized spacial score (nSPS) is 15.1. The van der Waals surface area contributed by atoms with Crippen LogP contribution in [0.2, 0.25) is 0 Å². The van der Waals surface area contributed by atoms with Crippen molar-refractivity contribution >= 4 is 0 Å². The minimum Gasteiger partial charge on any atom is -0.309 e. The maximum absolute atomic E-state index is 4.24. The molecular formula is C17H34N4. The van der Waals surface area contributed by atoms with Crippen molar-refractivity contribution in [2.75, 3.05) is 6.54 Å². The van der Waals surface area contributed by atoms with E-state index < -0.39 is 0 Å². The summed E-state index contributed by atoms with van der Waals surface area (Å²) in [5.74, 6) is 0.685. The van der Waals surface area contributed by atoms with Gasteiger partial charge in [0.2, 0.25) is 0 Å². The topological polar surface area (TPSA) is 42.7 Å². The van der Waals surface area contributed by atoms with E-state index >= 15 is 0 Å². The van der Waals surface area contributed by atoms with Gasteiger partial charge in [-0.2, -0.15) is 0 Å². The van der Waals surface area contributed by atoms with Crippen LogP contribution in [0.25, 0.3) is 0 Å². The first-order valence-corrected chi connectivity index (χ1v) is 8.49. The lowest BCUT2D eigenvalue weighted by atomic mass is 9.82. The van der Waals surface area contributed by atoms with E-state index in [9.17, 15) is 0 Å². The molecule has 0 aromatic carbocycles. The van der Waals surface area contributed by atoms with E-state index in [4.69, 9.17) is 0 Å². The molecule has 1 aromatic heterocycles. The van der Waals surface area contributed by atoms with Crippen LogP contribution in [0.5, 0.6) is 0 Å². The molecule has 2 atom stereocenters. The van der Waals surface area contributed by atoms with Crippen LogP contribution in [0.15, 0.2) is 6.20 Å². The van der Waals surface area contributed by atoms with Gasteiger partial charge in [0.1, 0.15) is 0 Å². The third kappa shape index (κ3) is 6.60. The Hall–Kier alpha value is -0.900. The van der Waals surface area contributed by atoms with E-state index in [1.54, 1.807) is 0 Å². The summed E-state index contributed by atoms with van der Waals surface area (Å²) in [5.41, 5.74) is 1.63. The molecule has 0 bridgehead atoms. The first-order chi connectivity index (χ1) is 9.87. The Labute approximate surface area is 130 Å². The van der Waals surface area contributed by atoms with E-state index in [2.05, 4.69) is 61.9 Å². The Morgan fingerprint density at radius 1 is 1.24 bits per heavy atom. The molecule has 21 heavy (non-hydrogen) atoms. The molecule has 0 saturated heterocycles. The Morgan fingerprint density at radius 3 is 2.52 bits per heavy atom. The molecule has 1 N–H and O–H groups in total. The fourth-order valence-corrected chi connectivity index (χ4v) is 3.08. The second-order valence-corrected chi connectivity index (χ2v) is 7.49. The second-order valence-electron chi connectivity index (χ2n) is 7.49. The fraction of sp³-hybridized carbons (Fsp3) is 0.882. The number of nitrogens with zero attached hydrogens (tertiary/aromatic N) is 3. The Kier molecular flexibility index (Phi) is 7.36. The molecule has 4 heteroatoms. The van der Waals surface area contributed by atoms with Gasteiger partial charge in [0, 0.05) is 6.54 Å². The van der Waals surface area contributed by atoms with Crippen molar-refractivity contribution in [3.8, 4) is 0 Å². The number of rotatable bonds is 9.